The molecule has 5 heteroatoms. The summed E-state index contributed by atoms with van der Waals surface area (Å²) < 4.78 is 5.38. The number of Topliss-reactive ketones (excluding diaryl/α,β-unsaturated/α-hetero) is 1. The number of rotatable bonds is 2. The fraction of sp³-hybridized carbons (Fsp3) is 0. The first-order valence-electron chi connectivity index (χ1n) is 4.76. The highest BCUT2D eigenvalue weighted by Gasteiger charge is 2.16. The Morgan fingerprint density at radius 3 is 2.18 bits per heavy atom. The zero-order valence-corrected chi connectivity index (χ0v) is 12.5. The highest BCUT2D eigenvalue weighted by molar-refractivity contribution is 9.13. The second-order valence-electron chi connectivity index (χ2n) is 3.23. The van der Waals surface area contributed by atoms with Gasteiger partial charge >= 0.3 is 0 Å². The maximum atomic E-state index is 11.5. The molecule has 17 heavy (non-hydrogen) atoms. The third-order valence-electron chi connectivity index (χ3n) is 1.98. The van der Waals surface area contributed by atoms with E-state index in [0.717, 1.165) is 10.6 Å². The summed E-state index contributed by atoms with van der Waals surface area (Å²) in [5.74, 6) is -0.0614. The molecular formula is C12H7Br2NOS. The molecule has 0 bridgehead atoms. The fourth-order valence-corrected chi connectivity index (χ4v) is 2.94. The predicted octanol–water partition coefficient (Wildman–Crippen LogP) is 4.28. The quantitative estimate of drug-likeness (QED) is 0.572. The molecule has 0 radical (unpaired) electrons. The SMILES string of the molecule is O=C1C(Br)=CC(=NSc2ccccc2)C=C1Br. The van der Waals surface area contributed by atoms with Crippen LogP contribution in [0.5, 0.6) is 0 Å². The Kier molecular flexibility index (Phi) is 4.36. The molecule has 2 rings (SSSR count). The van der Waals surface area contributed by atoms with Crippen LogP contribution in [0.2, 0.25) is 0 Å². The van der Waals surface area contributed by atoms with E-state index in [-0.39, 0.29) is 5.78 Å². The molecular weight excluding hydrogens is 366 g/mol. The first kappa shape index (κ1) is 12.8. The van der Waals surface area contributed by atoms with E-state index in [1.54, 1.807) is 12.2 Å². The van der Waals surface area contributed by atoms with Gasteiger partial charge in [0.15, 0.2) is 0 Å². The molecule has 0 unspecified atom stereocenters. The third kappa shape index (κ3) is 3.40. The summed E-state index contributed by atoms with van der Waals surface area (Å²) in [4.78, 5) is 12.5. The number of ketones is 1. The van der Waals surface area contributed by atoms with Gasteiger partial charge in [-0.1, -0.05) is 18.2 Å². The van der Waals surface area contributed by atoms with E-state index in [4.69, 9.17) is 0 Å². The van der Waals surface area contributed by atoms with E-state index >= 15 is 0 Å². The number of carbonyl (C=O) groups is 1. The zero-order valence-electron chi connectivity index (χ0n) is 8.56. The first-order valence-corrected chi connectivity index (χ1v) is 7.12. The van der Waals surface area contributed by atoms with Gasteiger partial charge in [-0.25, -0.2) is 4.40 Å². The number of hydrogen-bond acceptors (Lipinski definition) is 3. The Labute approximate surface area is 120 Å². The average molecular weight is 373 g/mol. The maximum Gasteiger partial charge on any atom is 0.207 e. The molecule has 2 nitrogen and oxygen atoms in total. The monoisotopic (exact) mass is 371 g/mol. The van der Waals surface area contributed by atoms with Crippen molar-refractivity contribution in [1.82, 2.24) is 0 Å². The molecule has 0 spiro atoms. The minimum Gasteiger partial charge on any atom is -0.287 e. The van der Waals surface area contributed by atoms with Crippen molar-refractivity contribution in [2.24, 2.45) is 4.40 Å². The Bertz CT molecular complexity index is 511. The van der Waals surface area contributed by atoms with Gasteiger partial charge in [0.1, 0.15) is 0 Å². The fourth-order valence-electron chi connectivity index (χ4n) is 1.19. The van der Waals surface area contributed by atoms with Crippen LogP contribution in [0, 0.1) is 0 Å². The van der Waals surface area contributed by atoms with Crippen LogP contribution in [0.15, 0.2) is 60.7 Å². The molecule has 0 aliphatic heterocycles. The van der Waals surface area contributed by atoms with Crippen molar-refractivity contribution in [3.8, 4) is 0 Å². The summed E-state index contributed by atoms with van der Waals surface area (Å²) >= 11 is 7.80. The molecule has 1 aromatic carbocycles. The van der Waals surface area contributed by atoms with Crippen molar-refractivity contribution >= 4 is 55.3 Å². The normalized spacial score (nSPS) is 15.4. The lowest BCUT2D eigenvalue weighted by Crippen LogP contribution is -2.06. The lowest BCUT2D eigenvalue weighted by Gasteiger charge is -2.05. The van der Waals surface area contributed by atoms with Gasteiger partial charge in [-0.15, -0.1) is 0 Å². The Morgan fingerprint density at radius 1 is 1.00 bits per heavy atom. The largest absolute Gasteiger partial charge is 0.287 e. The summed E-state index contributed by atoms with van der Waals surface area (Å²) in [6.07, 6.45) is 3.42. The molecule has 1 aliphatic carbocycles. The average Bonchev–Trinajstić information content (AvgIpc) is 2.34. The van der Waals surface area contributed by atoms with Gasteiger partial charge in [0, 0.05) is 16.8 Å². The van der Waals surface area contributed by atoms with Crippen LogP contribution < -0.4 is 0 Å². The van der Waals surface area contributed by atoms with Gasteiger partial charge < -0.3 is 0 Å². The van der Waals surface area contributed by atoms with Crippen LogP contribution in [0.4, 0.5) is 0 Å². The second-order valence-corrected chi connectivity index (χ2v) is 5.78. The zero-order chi connectivity index (χ0) is 12.3. The highest BCUT2D eigenvalue weighted by atomic mass is 79.9. The highest BCUT2D eigenvalue weighted by Crippen LogP contribution is 2.25. The topological polar surface area (TPSA) is 29.4 Å². The van der Waals surface area contributed by atoms with Crippen molar-refractivity contribution in [1.29, 1.82) is 0 Å². The summed E-state index contributed by atoms with van der Waals surface area (Å²) in [6.45, 7) is 0. The number of halogens is 2. The molecule has 0 saturated heterocycles. The van der Waals surface area contributed by atoms with Crippen molar-refractivity contribution in [3.05, 3.63) is 51.4 Å². The van der Waals surface area contributed by atoms with Gasteiger partial charge in [0.25, 0.3) is 0 Å². The van der Waals surface area contributed by atoms with Crippen LogP contribution in [-0.2, 0) is 4.79 Å². The van der Waals surface area contributed by atoms with Gasteiger partial charge in [-0.3, -0.25) is 4.79 Å². The number of allylic oxidation sites excluding steroid dienone is 4. The first-order chi connectivity index (χ1) is 8.16. The molecule has 86 valence electrons. The summed E-state index contributed by atoms with van der Waals surface area (Å²) in [5, 5.41) is 0. The molecule has 0 N–H and O–H groups in total. The lowest BCUT2D eigenvalue weighted by atomic mass is 10.2. The van der Waals surface area contributed by atoms with Gasteiger partial charge in [0.2, 0.25) is 5.78 Å². The summed E-state index contributed by atoms with van der Waals surface area (Å²) in [7, 11) is 0. The third-order valence-corrected chi connectivity index (χ3v) is 3.95. The Balaban J connectivity index is 2.16. The maximum absolute atomic E-state index is 11.5. The van der Waals surface area contributed by atoms with Crippen LogP contribution in [0.25, 0.3) is 0 Å². The minimum atomic E-state index is -0.0614. The number of hydrogen-bond donors (Lipinski definition) is 0. The second kappa shape index (κ2) is 5.80. The smallest absolute Gasteiger partial charge is 0.207 e. The van der Waals surface area contributed by atoms with Gasteiger partial charge in [-0.05, 0) is 56.1 Å². The van der Waals surface area contributed by atoms with Crippen molar-refractivity contribution in [2.45, 2.75) is 4.90 Å². The molecule has 0 amide bonds. The number of benzene rings is 1. The van der Waals surface area contributed by atoms with E-state index in [1.165, 1.54) is 11.9 Å². The summed E-state index contributed by atoms with van der Waals surface area (Å²) in [5.41, 5.74) is 0.747. The minimum absolute atomic E-state index is 0.0614. The van der Waals surface area contributed by atoms with E-state index in [0.29, 0.717) is 8.96 Å². The summed E-state index contributed by atoms with van der Waals surface area (Å²) in [6, 6.07) is 9.86. The van der Waals surface area contributed by atoms with Crippen LogP contribution in [-0.4, -0.2) is 11.5 Å². The lowest BCUT2D eigenvalue weighted by molar-refractivity contribution is -0.110. The number of carbonyl (C=O) groups excluding carboxylic acids is 1. The van der Waals surface area contributed by atoms with Gasteiger partial charge in [-0.2, -0.15) is 0 Å². The molecule has 0 fully saturated rings. The van der Waals surface area contributed by atoms with E-state index in [2.05, 4.69) is 36.3 Å². The van der Waals surface area contributed by atoms with Crippen molar-refractivity contribution in [3.63, 3.8) is 0 Å². The Morgan fingerprint density at radius 2 is 1.59 bits per heavy atom. The predicted molar refractivity (Wildman–Crippen MR) is 78.8 cm³/mol. The van der Waals surface area contributed by atoms with E-state index < -0.39 is 0 Å². The van der Waals surface area contributed by atoms with E-state index in [1.807, 2.05) is 30.3 Å². The molecule has 1 aromatic rings. The molecule has 0 heterocycles. The molecule has 0 aromatic heterocycles. The molecule has 1 aliphatic rings. The Hall–Kier alpha value is -0.650. The van der Waals surface area contributed by atoms with Crippen molar-refractivity contribution < 1.29 is 4.79 Å². The van der Waals surface area contributed by atoms with Crippen LogP contribution in [0.3, 0.4) is 0 Å². The van der Waals surface area contributed by atoms with E-state index in [9.17, 15) is 4.79 Å². The number of nitrogens with zero attached hydrogens (tertiary/aromatic N) is 1. The molecule has 0 saturated carbocycles. The van der Waals surface area contributed by atoms with Gasteiger partial charge in [0.05, 0.1) is 14.7 Å². The van der Waals surface area contributed by atoms with Crippen molar-refractivity contribution in [2.75, 3.05) is 0 Å². The van der Waals surface area contributed by atoms with Crippen LogP contribution in [0.1, 0.15) is 0 Å². The van der Waals surface area contributed by atoms with Crippen LogP contribution >= 0.6 is 43.8 Å². The standard InChI is InChI=1S/C12H7Br2NOS/c13-10-6-8(7-11(14)12(10)16)15-17-9-4-2-1-3-5-9/h1-7H. The molecule has 0 atom stereocenters.